The van der Waals surface area contributed by atoms with Gasteiger partial charge in [0.15, 0.2) is 5.82 Å². The van der Waals surface area contributed by atoms with Gasteiger partial charge in [-0.1, -0.05) is 30.3 Å². The maximum Gasteiger partial charge on any atom is 0.233 e. The van der Waals surface area contributed by atoms with Crippen molar-refractivity contribution in [3.05, 3.63) is 54.2 Å². The number of benzene rings is 1. The van der Waals surface area contributed by atoms with Gasteiger partial charge in [-0.2, -0.15) is 5.10 Å². The zero-order valence-electron chi connectivity index (χ0n) is 14.4. The van der Waals surface area contributed by atoms with Gasteiger partial charge in [-0.25, -0.2) is 0 Å². The van der Waals surface area contributed by atoms with Crippen LogP contribution in [0.3, 0.4) is 0 Å². The molecule has 2 heterocycles. The summed E-state index contributed by atoms with van der Waals surface area (Å²) in [7, 11) is 0. The Hall–Kier alpha value is -2.47. The summed E-state index contributed by atoms with van der Waals surface area (Å²) in [6.45, 7) is 2.79. The molecule has 3 rings (SSSR count). The smallest absolute Gasteiger partial charge is 0.233 e. The maximum atomic E-state index is 11.9. The number of carbonyl (C=O) groups is 1. The van der Waals surface area contributed by atoms with Crippen LogP contribution in [0.15, 0.2) is 48.7 Å². The lowest BCUT2D eigenvalue weighted by atomic mass is 10.1. The molecule has 132 valence electrons. The average molecular weight is 339 g/mol. The molecular formula is C19H25N5O. The molecule has 0 aliphatic carbocycles. The van der Waals surface area contributed by atoms with E-state index in [4.69, 9.17) is 0 Å². The summed E-state index contributed by atoms with van der Waals surface area (Å²) in [4.78, 5) is 14.2. The van der Waals surface area contributed by atoms with Gasteiger partial charge in [0.1, 0.15) is 0 Å². The van der Waals surface area contributed by atoms with Crippen molar-refractivity contribution in [2.45, 2.75) is 25.3 Å². The second-order valence-electron chi connectivity index (χ2n) is 6.29. The Kier molecular flexibility index (Phi) is 6.34. The standard InChI is InChI=1S/C19H25N5O/c25-19(21-12-10-16-6-2-1-3-7-16)15-20-14-17-8-5-13-24(17)18-9-4-11-22-23-18/h1-4,6-7,9,11,17,20H,5,8,10,12-15H2,(H,21,25)/t17-/m0/s1. The number of hydrogen-bond donors (Lipinski definition) is 2. The summed E-state index contributed by atoms with van der Waals surface area (Å²) >= 11 is 0. The summed E-state index contributed by atoms with van der Waals surface area (Å²) in [6.07, 6.45) is 4.80. The summed E-state index contributed by atoms with van der Waals surface area (Å²) in [5.41, 5.74) is 1.24. The molecule has 0 radical (unpaired) electrons. The lowest BCUT2D eigenvalue weighted by molar-refractivity contribution is -0.120. The Morgan fingerprint density at radius 3 is 2.88 bits per heavy atom. The van der Waals surface area contributed by atoms with Crippen LogP contribution in [0.2, 0.25) is 0 Å². The van der Waals surface area contributed by atoms with E-state index in [9.17, 15) is 4.79 Å². The fourth-order valence-electron chi connectivity index (χ4n) is 3.20. The van der Waals surface area contributed by atoms with E-state index in [2.05, 4.69) is 37.9 Å². The fourth-order valence-corrected chi connectivity index (χ4v) is 3.20. The number of rotatable bonds is 8. The van der Waals surface area contributed by atoms with Crippen molar-refractivity contribution < 1.29 is 4.79 Å². The largest absolute Gasteiger partial charge is 0.355 e. The number of amides is 1. The van der Waals surface area contributed by atoms with Crippen molar-refractivity contribution in [3.8, 4) is 0 Å². The molecule has 1 amide bonds. The topological polar surface area (TPSA) is 70.2 Å². The van der Waals surface area contributed by atoms with Gasteiger partial charge in [0.2, 0.25) is 5.91 Å². The van der Waals surface area contributed by atoms with Crippen LogP contribution in [0.4, 0.5) is 5.82 Å². The van der Waals surface area contributed by atoms with Gasteiger partial charge < -0.3 is 15.5 Å². The highest BCUT2D eigenvalue weighted by Crippen LogP contribution is 2.22. The van der Waals surface area contributed by atoms with Crippen LogP contribution in [0.25, 0.3) is 0 Å². The molecule has 2 aromatic rings. The van der Waals surface area contributed by atoms with Crippen molar-refractivity contribution in [2.24, 2.45) is 0 Å². The molecule has 0 bridgehead atoms. The number of aromatic nitrogens is 2. The first kappa shape index (κ1) is 17.4. The Labute approximate surface area is 148 Å². The molecule has 25 heavy (non-hydrogen) atoms. The number of carbonyl (C=O) groups excluding carboxylic acids is 1. The monoisotopic (exact) mass is 339 g/mol. The van der Waals surface area contributed by atoms with E-state index in [1.165, 1.54) is 5.56 Å². The van der Waals surface area contributed by atoms with Crippen LogP contribution < -0.4 is 15.5 Å². The number of anilines is 1. The molecule has 0 unspecified atom stereocenters. The van der Waals surface area contributed by atoms with Gasteiger partial charge in [0, 0.05) is 31.9 Å². The molecule has 1 atom stereocenters. The molecule has 1 aliphatic rings. The molecule has 1 aliphatic heterocycles. The molecular weight excluding hydrogens is 314 g/mol. The average Bonchev–Trinajstić information content (AvgIpc) is 3.12. The van der Waals surface area contributed by atoms with Crippen molar-refractivity contribution in [1.82, 2.24) is 20.8 Å². The molecule has 6 nitrogen and oxygen atoms in total. The predicted octanol–water partition coefficient (Wildman–Crippen LogP) is 1.39. The van der Waals surface area contributed by atoms with Crippen LogP contribution in [0.5, 0.6) is 0 Å². The van der Waals surface area contributed by atoms with E-state index in [1.54, 1.807) is 6.20 Å². The minimum atomic E-state index is 0.0416. The van der Waals surface area contributed by atoms with Crippen molar-refractivity contribution in [3.63, 3.8) is 0 Å². The zero-order chi connectivity index (χ0) is 17.3. The molecule has 1 aromatic carbocycles. The molecule has 0 spiro atoms. The Balaban J connectivity index is 1.35. The summed E-state index contributed by atoms with van der Waals surface area (Å²) in [5.74, 6) is 0.957. The third-order valence-corrected chi connectivity index (χ3v) is 4.47. The molecule has 1 fully saturated rings. The van der Waals surface area contributed by atoms with Gasteiger partial charge in [0.25, 0.3) is 0 Å². The van der Waals surface area contributed by atoms with Crippen molar-refractivity contribution >= 4 is 11.7 Å². The molecule has 1 aromatic heterocycles. The van der Waals surface area contributed by atoms with Crippen LogP contribution in [0.1, 0.15) is 18.4 Å². The minimum absolute atomic E-state index is 0.0416. The first-order valence-electron chi connectivity index (χ1n) is 8.88. The van der Waals surface area contributed by atoms with Gasteiger partial charge in [-0.3, -0.25) is 4.79 Å². The van der Waals surface area contributed by atoms with Gasteiger partial charge in [-0.05, 0) is 37.0 Å². The van der Waals surface area contributed by atoms with Gasteiger partial charge >= 0.3 is 0 Å². The third kappa shape index (κ3) is 5.26. The highest BCUT2D eigenvalue weighted by molar-refractivity contribution is 5.77. The van der Waals surface area contributed by atoms with Gasteiger partial charge in [-0.15, -0.1) is 5.10 Å². The quantitative estimate of drug-likeness (QED) is 0.761. The van der Waals surface area contributed by atoms with Gasteiger partial charge in [0.05, 0.1) is 6.54 Å². The predicted molar refractivity (Wildman–Crippen MR) is 98.4 cm³/mol. The zero-order valence-corrected chi connectivity index (χ0v) is 14.4. The second-order valence-corrected chi connectivity index (χ2v) is 6.29. The maximum absolute atomic E-state index is 11.9. The second kappa shape index (κ2) is 9.13. The lowest BCUT2D eigenvalue weighted by Crippen LogP contribution is -2.42. The molecule has 2 N–H and O–H groups in total. The van der Waals surface area contributed by atoms with Crippen LogP contribution in [0, 0.1) is 0 Å². The SMILES string of the molecule is O=C(CNC[C@@H]1CCCN1c1cccnn1)NCCc1ccccc1. The Morgan fingerprint density at radius 1 is 1.20 bits per heavy atom. The molecule has 0 saturated carbocycles. The van der Waals surface area contributed by atoms with E-state index in [0.717, 1.165) is 38.2 Å². The highest BCUT2D eigenvalue weighted by Gasteiger charge is 2.25. The van der Waals surface area contributed by atoms with Crippen molar-refractivity contribution in [1.29, 1.82) is 0 Å². The van der Waals surface area contributed by atoms with Crippen LogP contribution >= 0.6 is 0 Å². The molecule has 6 heteroatoms. The number of hydrogen-bond acceptors (Lipinski definition) is 5. The third-order valence-electron chi connectivity index (χ3n) is 4.47. The minimum Gasteiger partial charge on any atom is -0.355 e. The summed E-state index contributed by atoms with van der Waals surface area (Å²) in [5, 5.41) is 14.4. The summed E-state index contributed by atoms with van der Waals surface area (Å²) < 4.78 is 0. The summed E-state index contributed by atoms with van der Waals surface area (Å²) in [6, 6.07) is 14.4. The number of nitrogens with zero attached hydrogens (tertiary/aromatic N) is 3. The first-order valence-corrected chi connectivity index (χ1v) is 8.88. The highest BCUT2D eigenvalue weighted by atomic mass is 16.1. The van der Waals surface area contributed by atoms with Crippen LogP contribution in [-0.2, 0) is 11.2 Å². The number of nitrogens with one attached hydrogen (secondary N) is 2. The van der Waals surface area contributed by atoms with E-state index < -0.39 is 0 Å². The Morgan fingerprint density at radius 2 is 2.08 bits per heavy atom. The lowest BCUT2D eigenvalue weighted by Gasteiger charge is -2.25. The van der Waals surface area contributed by atoms with E-state index in [-0.39, 0.29) is 5.91 Å². The molecule has 1 saturated heterocycles. The van der Waals surface area contributed by atoms with Crippen molar-refractivity contribution in [2.75, 3.05) is 31.1 Å². The van der Waals surface area contributed by atoms with Crippen LogP contribution in [-0.4, -0.2) is 48.3 Å². The van der Waals surface area contributed by atoms with E-state index in [1.807, 2.05) is 30.3 Å². The Bertz CT molecular complexity index is 649. The van der Waals surface area contributed by atoms with E-state index >= 15 is 0 Å². The first-order chi connectivity index (χ1) is 12.3. The normalized spacial score (nSPS) is 16.8. The fraction of sp³-hybridized carbons (Fsp3) is 0.421. The van der Waals surface area contributed by atoms with E-state index in [0.29, 0.717) is 19.1 Å².